The van der Waals surface area contributed by atoms with E-state index in [2.05, 4.69) is 6.92 Å². The molecule has 0 radical (unpaired) electrons. The molecule has 2 aromatic rings. The number of carboxylic acid groups (broad SMARTS) is 1. The topological polar surface area (TPSA) is 70.1 Å². The molecule has 2 rings (SSSR count). The summed E-state index contributed by atoms with van der Waals surface area (Å²) in [6.45, 7) is 12.6. The van der Waals surface area contributed by atoms with Crippen LogP contribution in [0.3, 0.4) is 0 Å². The van der Waals surface area contributed by atoms with Crippen molar-refractivity contribution in [3.05, 3.63) is 70.8 Å². The molecule has 0 bridgehead atoms. The Morgan fingerprint density at radius 3 is 1.76 bits per heavy atom. The van der Waals surface area contributed by atoms with Gasteiger partial charge in [0.2, 0.25) is 0 Å². The van der Waals surface area contributed by atoms with Crippen LogP contribution in [0.1, 0.15) is 69.2 Å². The number of carbonyl (C=O) groups is 2. The highest BCUT2D eigenvalue weighted by molar-refractivity contribution is 5.68. The largest absolute Gasteiger partial charge is 0.465 e. The van der Waals surface area contributed by atoms with Crippen LogP contribution in [-0.2, 0) is 17.8 Å². The Balaban J connectivity index is 2.20. The zero-order chi connectivity index (χ0) is 25.3. The van der Waals surface area contributed by atoms with E-state index in [0.29, 0.717) is 19.5 Å². The van der Waals surface area contributed by atoms with Crippen LogP contribution in [0.25, 0.3) is 0 Å². The average Bonchev–Trinajstić information content (AvgIpc) is 2.76. The molecule has 34 heavy (non-hydrogen) atoms. The van der Waals surface area contributed by atoms with E-state index in [0.717, 1.165) is 35.1 Å². The van der Waals surface area contributed by atoms with Crippen molar-refractivity contribution in [1.29, 1.82) is 0 Å². The van der Waals surface area contributed by atoms with Crippen molar-refractivity contribution in [2.24, 2.45) is 0 Å². The highest BCUT2D eigenvalue weighted by Gasteiger charge is 2.34. The second kappa shape index (κ2) is 12.4. The van der Waals surface area contributed by atoms with Gasteiger partial charge < -0.3 is 9.84 Å². The lowest BCUT2D eigenvalue weighted by Gasteiger charge is -2.39. The Morgan fingerprint density at radius 2 is 1.38 bits per heavy atom. The number of nitrogens with zero attached hydrogens (tertiary/aromatic N) is 2. The molecule has 0 unspecified atom stereocenters. The van der Waals surface area contributed by atoms with Crippen LogP contribution < -0.4 is 0 Å². The fraction of sp³-hybridized carbons (Fsp3) is 0.500. The lowest BCUT2D eigenvalue weighted by Crippen LogP contribution is -2.53. The SMILES string of the molecule is CCCC[C@@H](COC(=O)N(Cc1ccc(C)cc1)Cc1ccc(C)cc1)N(C(=O)O)C(C)(C)C. The fourth-order valence-electron chi connectivity index (χ4n) is 3.99. The van der Waals surface area contributed by atoms with Crippen LogP contribution in [0.5, 0.6) is 0 Å². The zero-order valence-corrected chi connectivity index (χ0v) is 21.5. The third kappa shape index (κ3) is 8.40. The molecule has 0 spiro atoms. The van der Waals surface area contributed by atoms with E-state index in [1.165, 1.54) is 4.90 Å². The van der Waals surface area contributed by atoms with Crippen molar-refractivity contribution in [3.8, 4) is 0 Å². The van der Waals surface area contributed by atoms with E-state index in [9.17, 15) is 14.7 Å². The van der Waals surface area contributed by atoms with Gasteiger partial charge >= 0.3 is 12.2 Å². The van der Waals surface area contributed by atoms with E-state index in [1.807, 2.05) is 83.1 Å². The summed E-state index contributed by atoms with van der Waals surface area (Å²) in [5.41, 5.74) is 3.75. The van der Waals surface area contributed by atoms with Gasteiger partial charge in [0.15, 0.2) is 0 Å². The van der Waals surface area contributed by atoms with Gasteiger partial charge in [0.1, 0.15) is 6.61 Å². The Bertz CT molecular complexity index is 869. The lowest BCUT2D eigenvalue weighted by atomic mass is 10.0. The van der Waals surface area contributed by atoms with Gasteiger partial charge in [-0.05, 0) is 52.2 Å². The maximum absolute atomic E-state index is 13.2. The summed E-state index contributed by atoms with van der Waals surface area (Å²) >= 11 is 0. The molecule has 0 saturated carbocycles. The summed E-state index contributed by atoms with van der Waals surface area (Å²) < 4.78 is 5.76. The Hall–Kier alpha value is -3.02. The summed E-state index contributed by atoms with van der Waals surface area (Å²) in [5.74, 6) is 0. The fourth-order valence-corrected chi connectivity index (χ4v) is 3.99. The Labute approximate surface area is 204 Å². The van der Waals surface area contributed by atoms with Crippen molar-refractivity contribution in [2.75, 3.05) is 6.61 Å². The molecular formula is C28H40N2O4. The summed E-state index contributed by atoms with van der Waals surface area (Å²) in [6.07, 6.45) is 0.999. The lowest BCUT2D eigenvalue weighted by molar-refractivity contribution is 0.0242. The Morgan fingerprint density at radius 1 is 0.912 bits per heavy atom. The van der Waals surface area contributed by atoms with Gasteiger partial charge in [-0.3, -0.25) is 9.80 Å². The molecule has 186 valence electrons. The van der Waals surface area contributed by atoms with E-state index in [-0.39, 0.29) is 6.61 Å². The van der Waals surface area contributed by atoms with Gasteiger partial charge in [-0.2, -0.15) is 0 Å². The first-order valence-corrected chi connectivity index (χ1v) is 12.1. The number of amides is 2. The van der Waals surface area contributed by atoms with Crippen molar-refractivity contribution < 1.29 is 19.4 Å². The molecule has 0 aliphatic rings. The molecule has 0 aliphatic carbocycles. The highest BCUT2D eigenvalue weighted by Crippen LogP contribution is 2.22. The number of unbranched alkanes of at least 4 members (excludes halogenated alkanes) is 1. The van der Waals surface area contributed by atoms with Gasteiger partial charge in [0.05, 0.1) is 6.04 Å². The van der Waals surface area contributed by atoms with Crippen molar-refractivity contribution in [3.63, 3.8) is 0 Å². The third-order valence-electron chi connectivity index (χ3n) is 5.83. The first-order valence-electron chi connectivity index (χ1n) is 12.1. The first kappa shape index (κ1) is 27.2. The number of ether oxygens (including phenoxy) is 1. The molecule has 2 aromatic carbocycles. The van der Waals surface area contributed by atoms with Crippen molar-refractivity contribution in [1.82, 2.24) is 9.80 Å². The summed E-state index contributed by atoms with van der Waals surface area (Å²) in [6, 6.07) is 15.8. The predicted molar refractivity (Wildman–Crippen MR) is 136 cm³/mol. The minimum atomic E-state index is -0.999. The molecule has 6 nitrogen and oxygen atoms in total. The maximum atomic E-state index is 13.2. The second-order valence-electron chi connectivity index (χ2n) is 10.0. The normalized spacial score (nSPS) is 12.2. The standard InChI is InChI=1S/C28H40N2O4/c1-7-8-9-25(30(26(31)32)28(4,5)6)20-34-27(33)29(18-23-14-10-21(2)11-15-23)19-24-16-12-22(3)13-17-24/h10-17,25H,7-9,18-20H2,1-6H3,(H,31,32)/t25-/m0/s1. The summed E-state index contributed by atoms with van der Waals surface area (Å²) in [7, 11) is 0. The molecule has 0 aromatic heterocycles. The maximum Gasteiger partial charge on any atom is 0.410 e. The highest BCUT2D eigenvalue weighted by atomic mass is 16.6. The van der Waals surface area contributed by atoms with Crippen LogP contribution in [-0.4, -0.2) is 45.3 Å². The van der Waals surface area contributed by atoms with Crippen molar-refractivity contribution >= 4 is 12.2 Å². The quantitative estimate of drug-likeness (QED) is 0.417. The van der Waals surface area contributed by atoms with Gasteiger partial charge in [0.25, 0.3) is 0 Å². The van der Waals surface area contributed by atoms with Gasteiger partial charge in [-0.15, -0.1) is 0 Å². The third-order valence-corrected chi connectivity index (χ3v) is 5.83. The van der Waals surface area contributed by atoms with E-state index in [1.54, 1.807) is 4.90 Å². The number of hydrogen-bond acceptors (Lipinski definition) is 3. The number of hydrogen-bond donors (Lipinski definition) is 1. The predicted octanol–water partition coefficient (Wildman–Crippen LogP) is 6.78. The molecule has 0 heterocycles. The molecule has 1 N–H and O–H groups in total. The van der Waals surface area contributed by atoms with E-state index >= 15 is 0 Å². The van der Waals surface area contributed by atoms with Crippen LogP contribution in [0.15, 0.2) is 48.5 Å². The second-order valence-corrected chi connectivity index (χ2v) is 10.0. The van der Waals surface area contributed by atoms with Crippen LogP contribution >= 0.6 is 0 Å². The van der Waals surface area contributed by atoms with Crippen LogP contribution in [0.2, 0.25) is 0 Å². The molecule has 0 aliphatic heterocycles. The minimum Gasteiger partial charge on any atom is -0.465 e. The number of carbonyl (C=O) groups excluding carboxylic acids is 1. The van der Waals surface area contributed by atoms with Gasteiger partial charge in [-0.1, -0.05) is 79.4 Å². The smallest absolute Gasteiger partial charge is 0.410 e. The molecule has 6 heteroatoms. The van der Waals surface area contributed by atoms with E-state index in [4.69, 9.17) is 4.74 Å². The summed E-state index contributed by atoms with van der Waals surface area (Å²) in [5, 5.41) is 9.86. The van der Waals surface area contributed by atoms with Gasteiger partial charge in [-0.25, -0.2) is 9.59 Å². The number of rotatable bonds is 10. The number of benzene rings is 2. The average molecular weight is 469 g/mol. The zero-order valence-electron chi connectivity index (χ0n) is 21.5. The number of aryl methyl sites for hydroxylation is 2. The van der Waals surface area contributed by atoms with Gasteiger partial charge in [0, 0.05) is 18.6 Å². The molecule has 0 fully saturated rings. The molecule has 0 saturated heterocycles. The molecule has 2 amide bonds. The molecule has 1 atom stereocenters. The minimum absolute atomic E-state index is 0.0285. The molecular weight excluding hydrogens is 428 g/mol. The monoisotopic (exact) mass is 468 g/mol. The summed E-state index contributed by atoms with van der Waals surface area (Å²) in [4.78, 5) is 28.4. The first-order chi connectivity index (χ1) is 16.0. The Kier molecular flexibility index (Phi) is 9.97. The van der Waals surface area contributed by atoms with Crippen LogP contribution in [0, 0.1) is 13.8 Å². The van der Waals surface area contributed by atoms with Crippen LogP contribution in [0.4, 0.5) is 9.59 Å². The van der Waals surface area contributed by atoms with E-state index < -0.39 is 23.8 Å². The van der Waals surface area contributed by atoms with Crippen molar-refractivity contribution in [2.45, 2.75) is 85.5 Å².